The second-order valence-electron chi connectivity index (χ2n) is 7.72. The predicted octanol–water partition coefficient (Wildman–Crippen LogP) is 5.74. The van der Waals surface area contributed by atoms with Gasteiger partial charge in [0.25, 0.3) is 5.91 Å². The normalized spacial score (nSPS) is 15.0. The first-order chi connectivity index (χ1) is 16.4. The van der Waals surface area contributed by atoms with Crippen molar-refractivity contribution in [3.63, 3.8) is 0 Å². The fraction of sp³-hybridized carbons (Fsp3) is 0.154. The molecule has 34 heavy (non-hydrogen) atoms. The van der Waals surface area contributed by atoms with Crippen molar-refractivity contribution in [2.24, 2.45) is 0 Å². The van der Waals surface area contributed by atoms with Gasteiger partial charge in [0, 0.05) is 10.7 Å². The molecule has 1 unspecified atom stereocenters. The Kier molecular flexibility index (Phi) is 5.49. The largest absolute Gasteiger partial charge is 0.493 e. The van der Waals surface area contributed by atoms with Gasteiger partial charge in [0.05, 0.1) is 30.7 Å². The van der Waals surface area contributed by atoms with Crippen LogP contribution < -0.4 is 19.8 Å². The van der Waals surface area contributed by atoms with Crippen molar-refractivity contribution in [3.05, 3.63) is 98.6 Å². The summed E-state index contributed by atoms with van der Waals surface area (Å²) in [6.45, 7) is 2.30. The molecule has 2 heterocycles. The summed E-state index contributed by atoms with van der Waals surface area (Å²) in [6.07, 6.45) is 0. The molecule has 0 spiro atoms. The number of hydrogen-bond donors (Lipinski definition) is 0. The number of anilines is 1. The van der Waals surface area contributed by atoms with Gasteiger partial charge in [0.1, 0.15) is 11.4 Å². The summed E-state index contributed by atoms with van der Waals surface area (Å²) < 4.78 is 30.9. The van der Waals surface area contributed by atoms with Crippen LogP contribution in [-0.4, -0.2) is 19.6 Å². The standard InChI is InChI=1S/C26H19ClFNO5/c1-3-33-20-9-7-14(11-21(20)32-2)23-22-24(30)18-13-16(28)8-10-19(18)34-25(22)26(31)29(23)17-6-4-5-15(27)12-17/h4-13,23H,3H2,1-2H3. The van der Waals surface area contributed by atoms with E-state index in [1.165, 1.54) is 24.1 Å². The van der Waals surface area contributed by atoms with Gasteiger partial charge in [0.2, 0.25) is 5.76 Å². The molecule has 1 aliphatic heterocycles. The van der Waals surface area contributed by atoms with Gasteiger partial charge in [-0.1, -0.05) is 23.7 Å². The van der Waals surface area contributed by atoms with Gasteiger partial charge in [-0.15, -0.1) is 0 Å². The molecule has 0 aliphatic carbocycles. The number of hydrogen-bond acceptors (Lipinski definition) is 5. The SMILES string of the molecule is CCOc1ccc(C2c3c(oc4ccc(F)cc4c3=O)C(=O)N2c2cccc(Cl)c2)cc1OC. The molecule has 172 valence electrons. The lowest BCUT2D eigenvalue weighted by Gasteiger charge is -2.26. The molecule has 4 aromatic rings. The van der Waals surface area contributed by atoms with Crippen LogP contribution in [0.2, 0.25) is 5.02 Å². The van der Waals surface area contributed by atoms with E-state index in [1.54, 1.807) is 42.5 Å². The first-order valence-corrected chi connectivity index (χ1v) is 11.0. The third kappa shape index (κ3) is 3.49. The fourth-order valence-corrected chi connectivity index (χ4v) is 4.47. The molecule has 1 amide bonds. The molecule has 0 bridgehead atoms. The van der Waals surface area contributed by atoms with Crippen LogP contribution in [0.5, 0.6) is 11.5 Å². The van der Waals surface area contributed by atoms with Gasteiger partial charge in [-0.25, -0.2) is 4.39 Å². The van der Waals surface area contributed by atoms with Crippen LogP contribution in [0.25, 0.3) is 11.0 Å². The summed E-state index contributed by atoms with van der Waals surface area (Å²) >= 11 is 6.21. The molecule has 5 rings (SSSR count). The van der Waals surface area contributed by atoms with E-state index in [2.05, 4.69) is 0 Å². The lowest BCUT2D eigenvalue weighted by atomic mass is 9.97. The number of rotatable bonds is 5. The number of carbonyl (C=O) groups is 1. The average molecular weight is 480 g/mol. The Morgan fingerprint density at radius 2 is 1.88 bits per heavy atom. The Hall–Kier alpha value is -3.84. The van der Waals surface area contributed by atoms with Crippen LogP contribution in [0.3, 0.4) is 0 Å². The maximum absolute atomic E-state index is 14.0. The van der Waals surface area contributed by atoms with Gasteiger partial charge < -0.3 is 13.9 Å². The Labute approximate surface area is 199 Å². The molecule has 0 fully saturated rings. The monoisotopic (exact) mass is 479 g/mol. The number of carbonyl (C=O) groups excluding carboxylic acids is 1. The van der Waals surface area contributed by atoms with Gasteiger partial charge in [-0.3, -0.25) is 14.5 Å². The molecule has 8 heteroatoms. The van der Waals surface area contributed by atoms with Crippen LogP contribution in [0.4, 0.5) is 10.1 Å². The van der Waals surface area contributed by atoms with E-state index in [9.17, 15) is 14.0 Å². The average Bonchev–Trinajstić information content (AvgIpc) is 3.12. The molecule has 1 aliphatic rings. The quantitative estimate of drug-likeness (QED) is 0.365. The number of nitrogens with zero attached hydrogens (tertiary/aromatic N) is 1. The first kappa shape index (κ1) is 22.0. The summed E-state index contributed by atoms with van der Waals surface area (Å²) in [6, 6.07) is 14.7. The number of benzene rings is 3. The maximum Gasteiger partial charge on any atom is 0.295 e. The zero-order valence-corrected chi connectivity index (χ0v) is 19.1. The van der Waals surface area contributed by atoms with Gasteiger partial charge in [-0.2, -0.15) is 0 Å². The molecule has 0 radical (unpaired) electrons. The minimum atomic E-state index is -0.852. The van der Waals surface area contributed by atoms with Crippen molar-refractivity contribution in [2.75, 3.05) is 18.6 Å². The van der Waals surface area contributed by atoms with Crippen molar-refractivity contribution < 1.29 is 23.1 Å². The first-order valence-electron chi connectivity index (χ1n) is 10.6. The minimum absolute atomic E-state index is 0.0578. The number of fused-ring (bicyclic) bond motifs is 2. The smallest absolute Gasteiger partial charge is 0.295 e. The highest BCUT2D eigenvalue weighted by Crippen LogP contribution is 2.43. The van der Waals surface area contributed by atoms with E-state index in [1.807, 2.05) is 6.92 Å². The highest BCUT2D eigenvalue weighted by Gasteiger charge is 2.44. The number of amides is 1. The molecule has 0 N–H and O–H groups in total. The number of halogens is 2. The van der Waals surface area contributed by atoms with E-state index in [0.29, 0.717) is 34.4 Å². The summed E-state index contributed by atoms with van der Waals surface area (Å²) in [4.78, 5) is 28.6. The zero-order chi connectivity index (χ0) is 24.0. The highest BCUT2D eigenvalue weighted by atomic mass is 35.5. The third-order valence-electron chi connectivity index (χ3n) is 5.72. The topological polar surface area (TPSA) is 69.0 Å². The summed E-state index contributed by atoms with van der Waals surface area (Å²) in [5, 5.41) is 0.484. The van der Waals surface area contributed by atoms with Crippen molar-refractivity contribution in [1.82, 2.24) is 0 Å². The van der Waals surface area contributed by atoms with Gasteiger partial charge in [0.15, 0.2) is 16.9 Å². The summed E-state index contributed by atoms with van der Waals surface area (Å²) in [5.74, 6) is -0.196. The fourth-order valence-electron chi connectivity index (χ4n) is 4.28. The van der Waals surface area contributed by atoms with Crippen molar-refractivity contribution in [1.29, 1.82) is 0 Å². The van der Waals surface area contributed by atoms with Crippen LogP contribution in [-0.2, 0) is 0 Å². The highest BCUT2D eigenvalue weighted by molar-refractivity contribution is 6.31. The van der Waals surface area contributed by atoms with Gasteiger partial charge in [-0.05, 0) is 61.0 Å². The van der Waals surface area contributed by atoms with E-state index >= 15 is 0 Å². The predicted molar refractivity (Wildman–Crippen MR) is 127 cm³/mol. The molecule has 1 aromatic heterocycles. The second-order valence-corrected chi connectivity index (χ2v) is 8.15. The Morgan fingerprint density at radius 1 is 1.06 bits per heavy atom. The molecular weight excluding hydrogens is 461 g/mol. The lowest BCUT2D eigenvalue weighted by Crippen LogP contribution is -2.29. The van der Waals surface area contributed by atoms with Crippen molar-refractivity contribution >= 4 is 34.2 Å². The second kappa shape index (κ2) is 8.50. The molecule has 0 saturated heterocycles. The van der Waals surface area contributed by atoms with Crippen molar-refractivity contribution in [2.45, 2.75) is 13.0 Å². The lowest BCUT2D eigenvalue weighted by molar-refractivity contribution is 0.0971. The summed E-state index contributed by atoms with van der Waals surface area (Å²) in [7, 11) is 1.51. The molecule has 3 aromatic carbocycles. The molecule has 0 saturated carbocycles. The Balaban J connectivity index is 1.80. The van der Waals surface area contributed by atoms with E-state index in [-0.39, 0.29) is 22.3 Å². The molecule has 1 atom stereocenters. The van der Waals surface area contributed by atoms with E-state index in [0.717, 1.165) is 6.07 Å². The van der Waals surface area contributed by atoms with E-state index in [4.69, 9.17) is 25.5 Å². The van der Waals surface area contributed by atoms with Crippen LogP contribution in [0, 0.1) is 5.82 Å². The van der Waals surface area contributed by atoms with Crippen LogP contribution in [0.1, 0.15) is 34.6 Å². The Morgan fingerprint density at radius 3 is 2.62 bits per heavy atom. The van der Waals surface area contributed by atoms with Crippen LogP contribution in [0.15, 0.2) is 69.9 Å². The molecular formula is C26H19ClFNO5. The minimum Gasteiger partial charge on any atom is -0.493 e. The van der Waals surface area contributed by atoms with E-state index < -0.39 is 23.2 Å². The number of methoxy groups -OCH3 is 1. The van der Waals surface area contributed by atoms with Crippen LogP contribution >= 0.6 is 11.6 Å². The molecule has 6 nitrogen and oxygen atoms in total. The van der Waals surface area contributed by atoms with Crippen molar-refractivity contribution in [3.8, 4) is 11.5 Å². The summed E-state index contributed by atoms with van der Waals surface area (Å²) in [5.41, 5.74) is 0.849. The Bertz CT molecular complexity index is 1500. The third-order valence-corrected chi connectivity index (χ3v) is 5.96. The zero-order valence-electron chi connectivity index (χ0n) is 18.3. The maximum atomic E-state index is 14.0. The number of ether oxygens (including phenoxy) is 2. The van der Waals surface area contributed by atoms with Gasteiger partial charge >= 0.3 is 0 Å².